The van der Waals surface area contributed by atoms with Crippen LogP contribution >= 0.6 is 0 Å². The number of fused-ring (bicyclic) bond motifs is 1. The second-order valence-corrected chi connectivity index (χ2v) is 10.5. The van der Waals surface area contributed by atoms with Crippen LogP contribution in [0.2, 0.25) is 0 Å². The van der Waals surface area contributed by atoms with Crippen LogP contribution in [0.3, 0.4) is 0 Å². The van der Waals surface area contributed by atoms with Crippen molar-refractivity contribution in [2.45, 2.75) is 46.6 Å². The molecule has 0 aliphatic rings. The zero-order valence-electron chi connectivity index (χ0n) is 25.5. The van der Waals surface area contributed by atoms with Gasteiger partial charge in [-0.25, -0.2) is 9.78 Å². The Morgan fingerprint density at radius 1 is 1.07 bits per heavy atom. The number of benzene rings is 3. The molecule has 42 heavy (non-hydrogen) atoms. The van der Waals surface area contributed by atoms with Crippen molar-refractivity contribution in [3.63, 3.8) is 0 Å². The van der Waals surface area contributed by atoms with Crippen LogP contribution in [0.5, 0.6) is 11.5 Å². The van der Waals surface area contributed by atoms with E-state index in [2.05, 4.69) is 18.9 Å². The highest BCUT2D eigenvalue weighted by Gasteiger charge is 2.20. The fourth-order valence-electron chi connectivity index (χ4n) is 4.61. The number of hydrogen-bond donors (Lipinski definition) is 0. The lowest BCUT2D eigenvalue weighted by molar-refractivity contribution is -0.147. The molecule has 220 valence electrons. The molecule has 4 aromatic rings. The summed E-state index contributed by atoms with van der Waals surface area (Å²) in [6.45, 7) is 10.3. The first kappa shape index (κ1) is 30.3. The number of hydrogen-bond acceptors (Lipinski definition) is 8. The van der Waals surface area contributed by atoms with Gasteiger partial charge in [-0.2, -0.15) is 9.78 Å². The van der Waals surface area contributed by atoms with Crippen LogP contribution in [0.1, 0.15) is 50.3 Å². The molecule has 1 heterocycles. The van der Waals surface area contributed by atoms with Crippen molar-refractivity contribution in [1.82, 2.24) is 9.66 Å². The number of aryl methyl sites for hydroxylation is 1. The predicted molar refractivity (Wildman–Crippen MR) is 167 cm³/mol. The molecule has 0 aliphatic carbocycles. The van der Waals surface area contributed by atoms with Crippen LogP contribution in [0.4, 0.5) is 5.69 Å². The largest absolute Gasteiger partial charge is 0.494 e. The van der Waals surface area contributed by atoms with Crippen LogP contribution in [0.25, 0.3) is 22.3 Å². The minimum atomic E-state index is -0.846. The molecule has 0 N–H and O–H groups in total. The van der Waals surface area contributed by atoms with Crippen molar-refractivity contribution in [1.29, 1.82) is 0 Å². The van der Waals surface area contributed by atoms with E-state index in [1.54, 1.807) is 25.3 Å². The van der Waals surface area contributed by atoms with Crippen LogP contribution in [-0.4, -0.2) is 55.8 Å². The normalized spacial score (nSPS) is 12.1. The van der Waals surface area contributed by atoms with E-state index in [1.165, 1.54) is 11.8 Å². The van der Waals surface area contributed by atoms with E-state index in [0.29, 0.717) is 34.6 Å². The van der Waals surface area contributed by atoms with Crippen molar-refractivity contribution >= 4 is 28.8 Å². The number of carbonyl (C=O) groups excluding carboxylic acids is 1. The first-order valence-corrected chi connectivity index (χ1v) is 13.9. The molecule has 0 radical (unpaired) electrons. The number of esters is 1. The predicted octanol–water partition coefficient (Wildman–Crippen LogP) is 5.78. The van der Waals surface area contributed by atoms with Crippen molar-refractivity contribution in [2.24, 2.45) is 5.10 Å². The summed E-state index contributed by atoms with van der Waals surface area (Å²) in [5.41, 5.74) is 4.42. The van der Waals surface area contributed by atoms with Crippen molar-refractivity contribution in [3.05, 3.63) is 81.6 Å². The zero-order chi connectivity index (χ0) is 30.6. The summed E-state index contributed by atoms with van der Waals surface area (Å²) in [5, 5.41) is 5.11. The molecule has 0 amide bonds. The number of para-hydroxylation sites is 1. The molecule has 0 spiro atoms. The topological polar surface area (TPSA) is 95.3 Å². The van der Waals surface area contributed by atoms with Crippen molar-refractivity contribution < 1.29 is 19.0 Å². The maximum atomic E-state index is 13.9. The second kappa shape index (κ2) is 12.9. The summed E-state index contributed by atoms with van der Waals surface area (Å²) < 4.78 is 18.1. The summed E-state index contributed by atoms with van der Waals surface area (Å²) in [6.07, 6.45) is 0.703. The molecule has 0 saturated heterocycles. The molecule has 0 bridgehead atoms. The monoisotopic (exact) mass is 570 g/mol. The van der Waals surface area contributed by atoms with E-state index < -0.39 is 12.1 Å². The summed E-state index contributed by atoms with van der Waals surface area (Å²) in [6, 6.07) is 16.8. The highest BCUT2D eigenvalue weighted by molar-refractivity contribution is 5.86. The molecular formula is C33H38N4O5. The number of ether oxygens (including phenoxy) is 3. The van der Waals surface area contributed by atoms with Crippen LogP contribution < -0.4 is 19.9 Å². The molecule has 1 atom stereocenters. The minimum absolute atomic E-state index is 0.182. The van der Waals surface area contributed by atoms with Gasteiger partial charge in [0.25, 0.3) is 5.56 Å². The van der Waals surface area contributed by atoms with Gasteiger partial charge in [-0.15, -0.1) is 0 Å². The Morgan fingerprint density at radius 3 is 2.48 bits per heavy atom. The van der Waals surface area contributed by atoms with E-state index in [1.807, 2.05) is 75.3 Å². The molecule has 4 rings (SSSR count). The average molecular weight is 571 g/mol. The van der Waals surface area contributed by atoms with Gasteiger partial charge >= 0.3 is 5.97 Å². The highest BCUT2D eigenvalue weighted by atomic mass is 16.6. The van der Waals surface area contributed by atoms with E-state index in [0.717, 1.165) is 28.1 Å². The number of methoxy groups -OCH3 is 1. The fourth-order valence-corrected chi connectivity index (χ4v) is 4.61. The van der Waals surface area contributed by atoms with Gasteiger partial charge in [0, 0.05) is 37.0 Å². The Kier molecular flexibility index (Phi) is 9.30. The second-order valence-electron chi connectivity index (χ2n) is 10.5. The summed E-state index contributed by atoms with van der Waals surface area (Å²) >= 11 is 0. The van der Waals surface area contributed by atoms with Crippen LogP contribution in [0.15, 0.2) is 64.5 Å². The van der Waals surface area contributed by atoms with Crippen LogP contribution in [0, 0.1) is 6.92 Å². The standard InChI is InChI=1S/C33H38N4O5/c1-9-41-30-16-21(4)27(18-26(30)20(2)3)31-35-28-13-11-10-12-25(28)32(38)37(31)34-19-23-14-15-24(36(6)7)17-29(23)42-22(5)33(39)40-8/h10-20,22H,9H2,1-8H3/t22-/m0/s1. The number of aromatic nitrogens is 2. The summed E-state index contributed by atoms with van der Waals surface area (Å²) in [5.74, 6) is 1.33. The first-order chi connectivity index (χ1) is 20.0. The first-order valence-electron chi connectivity index (χ1n) is 13.9. The molecule has 0 unspecified atom stereocenters. The highest BCUT2D eigenvalue weighted by Crippen LogP contribution is 2.34. The lowest BCUT2D eigenvalue weighted by Crippen LogP contribution is -2.25. The van der Waals surface area contributed by atoms with Crippen molar-refractivity contribution in [3.8, 4) is 22.9 Å². The summed E-state index contributed by atoms with van der Waals surface area (Å²) in [4.78, 5) is 32.8. The van der Waals surface area contributed by atoms with Gasteiger partial charge in [-0.3, -0.25) is 4.79 Å². The Labute approximate surface area is 246 Å². The average Bonchev–Trinajstić information content (AvgIpc) is 2.96. The summed E-state index contributed by atoms with van der Waals surface area (Å²) in [7, 11) is 5.14. The van der Waals surface area contributed by atoms with Gasteiger partial charge in [0.05, 0.1) is 30.8 Å². The number of nitrogens with zero attached hydrogens (tertiary/aromatic N) is 4. The molecule has 0 aliphatic heterocycles. The maximum absolute atomic E-state index is 13.9. The molecular weight excluding hydrogens is 532 g/mol. The van der Waals surface area contributed by atoms with E-state index in [9.17, 15) is 9.59 Å². The Morgan fingerprint density at radius 2 is 1.81 bits per heavy atom. The number of rotatable bonds is 10. The fraction of sp³-hybridized carbons (Fsp3) is 0.333. The lowest BCUT2D eigenvalue weighted by Gasteiger charge is -2.19. The zero-order valence-corrected chi connectivity index (χ0v) is 25.5. The van der Waals surface area contributed by atoms with Gasteiger partial charge in [-0.1, -0.05) is 26.0 Å². The third-order valence-corrected chi connectivity index (χ3v) is 6.94. The lowest BCUT2D eigenvalue weighted by atomic mass is 9.96. The smallest absolute Gasteiger partial charge is 0.346 e. The quantitative estimate of drug-likeness (QED) is 0.176. The SMILES string of the molecule is CCOc1cc(C)c(-c2nc3ccccc3c(=O)n2N=Cc2ccc(N(C)C)cc2O[C@@H](C)C(=O)OC)cc1C(C)C. The van der Waals surface area contributed by atoms with E-state index in [-0.39, 0.29) is 11.5 Å². The van der Waals surface area contributed by atoms with Crippen LogP contribution in [-0.2, 0) is 9.53 Å². The third kappa shape index (κ3) is 6.30. The van der Waals surface area contributed by atoms with E-state index >= 15 is 0 Å². The van der Waals surface area contributed by atoms with Crippen molar-refractivity contribution in [2.75, 3.05) is 32.7 Å². The van der Waals surface area contributed by atoms with Gasteiger partial charge in [0.1, 0.15) is 11.5 Å². The molecule has 3 aromatic carbocycles. The Bertz CT molecular complexity index is 1690. The molecule has 1 aromatic heterocycles. The molecule has 9 nitrogen and oxygen atoms in total. The van der Waals surface area contributed by atoms with Gasteiger partial charge in [-0.05, 0) is 74.2 Å². The number of carbonyl (C=O) groups is 1. The van der Waals surface area contributed by atoms with Gasteiger partial charge in [0.2, 0.25) is 0 Å². The molecule has 0 saturated carbocycles. The Hall–Kier alpha value is -4.66. The van der Waals surface area contributed by atoms with Gasteiger partial charge < -0.3 is 19.1 Å². The maximum Gasteiger partial charge on any atom is 0.346 e. The molecule has 0 fully saturated rings. The Balaban J connectivity index is 1.93. The third-order valence-electron chi connectivity index (χ3n) is 6.94. The van der Waals surface area contributed by atoms with Gasteiger partial charge in [0.15, 0.2) is 11.9 Å². The number of anilines is 1. The molecule has 9 heteroatoms. The minimum Gasteiger partial charge on any atom is -0.494 e. The van der Waals surface area contributed by atoms with E-state index in [4.69, 9.17) is 19.2 Å².